The summed E-state index contributed by atoms with van der Waals surface area (Å²) in [7, 11) is 0. The van der Waals surface area contributed by atoms with Gasteiger partial charge in [-0.1, -0.05) is 28.9 Å². The molecule has 0 aromatic heterocycles. The third-order valence-electron chi connectivity index (χ3n) is 6.57. The zero-order chi connectivity index (χ0) is 26.5. The van der Waals surface area contributed by atoms with Crippen LogP contribution < -0.4 is 0 Å². The lowest BCUT2D eigenvalue weighted by Crippen LogP contribution is -2.48. The molecule has 3 aliphatic rings. The summed E-state index contributed by atoms with van der Waals surface area (Å²) in [4.78, 5) is 24.9. The fraction of sp³-hybridized carbons (Fsp3) is 0.500. The zero-order valence-corrected chi connectivity index (χ0v) is 22.2. The Hall–Kier alpha value is -3.01. The minimum Gasteiger partial charge on any atom is -0.462 e. The number of nitriles is 1. The monoisotopic (exact) mass is 491 g/mol. The average Bonchev–Trinajstić information content (AvgIpc) is 2.78. The van der Waals surface area contributed by atoms with Crippen molar-refractivity contribution in [3.05, 3.63) is 69.9 Å². The van der Waals surface area contributed by atoms with E-state index >= 15 is 0 Å². The highest BCUT2D eigenvalue weighted by Gasteiger charge is 2.45. The van der Waals surface area contributed by atoms with Crippen LogP contribution in [0.15, 0.2) is 69.9 Å². The smallest absolute Gasteiger partial charge is 0.348 e. The Morgan fingerprint density at radius 3 is 2.64 bits per heavy atom. The van der Waals surface area contributed by atoms with Crippen LogP contribution in [0.3, 0.4) is 0 Å². The largest absolute Gasteiger partial charge is 0.462 e. The number of ether oxygens (including phenoxy) is 3. The molecule has 0 bridgehead atoms. The van der Waals surface area contributed by atoms with E-state index < -0.39 is 17.9 Å². The summed E-state index contributed by atoms with van der Waals surface area (Å²) in [6, 6.07) is 1.95. The summed E-state index contributed by atoms with van der Waals surface area (Å²) in [6.07, 6.45) is 13.8. The molecule has 6 heteroatoms. The lowest BCUT2D eigenvalue weighted by Gasteiger charge is -2.45. The van der Waals surface area contributed by atoms with Crippen molar-refractivity contribution >= 4 is 11.8 Å². The molecule has 192 valence electrons. The van der Waals surface area contributed by atoms with Gasteiger partial charge in [-0.3, -0.25) is 4.79 Å². The molecule has 2 heterocycles. The fourth-order valence-corrected chi connectivity index (χ4v) is 4.85. The van der Waals surface area contributed by atoms with Gasteiger partial charge in [0.05, 0.1) is 18.8 Å². The molecule has 2 aliphatic heterocycles. The number of carbonyl (C=O) groups excluding carboxylic acids is 2. The van der Waals surface area contributed by atoms with Crippen LogP contribution in [0, 0.1) is 17.2 Å². The molecule has 0 saturated carbocycles. The van der Waals surface area contributed by atoms with Gasteiger partial charge in [-0.15, -0.1) is 0 Å². The van der Waals surface area contributed by atoms with Crippen molar-refractivity contribution in [1.29, 1.82) is 5.26 Å². The SMILES string of the molecule is CCOC(=O)C(C#N)=CC1=C[C@]2(C=C(C)C[C@@H](C=C(C)CCC=C(C)C)O2)O[C@@H]2C=C(C)C(=O)C[C@H]12. The van der Waals surface area contributed by atoms with Gasteiger partial charge in [-0.2, -0.15) is 5.26 Å². The van der Waals surface area contributed by atoms with Crippen LogP contribution in [-0.4, -0.2) is 36.4 Å². The highest BCUT2D eigenvalue weighted by atomic mass is 16.7. The van der Waals surface area contributed by atoms with Crippen LogP contribution in [0.25, 0.3) is 0 Å². The number of fused-ring (bicyclic) bond motifs is 1. The van der Waals surface area contributed by atoms with Crippen molar-refractivity contribution in [1.82, 2.24) is 0 Å². The van der Waals surface area contributed by atoms with Crippen LogP contribution in [0.4, 0.5) is 0 Å². The van der Waals surface area contributed by atoms with Gasteiger partial charge >= 0.3 is 5.97 Å². The number of ketones is 1. The molecular formula is C30H37NO5. The van der Waals surface area contributed by atoms with E-state index in [0.29, 0.717) is 11.1 Å². The predicted octanol–water partition coefficient (Wildman–Crippen LogP) is 5.98. The highest BCUT2D eigenvalue weighted by Crippen LogP contribution is 2.43. The Balaban J connectivity index is 2.00. The zero-order valence-electron chi connectivity index (χ0n) is 22.2. The van der Waals surface area contributed by atoms with Gasteiger partial charge in [-0.25, -0.2) is 4.79 Å². The van der Waals surface area contributed by atoms with Crippen LogP contribution in [0.2, 0.25) is 0 Å². The Labute approximate surface area is 214 Å². The normalized spacial score (nSPS) is 28.4. The highest BCUT2D eigenvalue weighted by molar-refractivity contribution is 5.97. The first-order valence-electron chi connectivity index (χ1n) is 12.6. The molecule has 0 amide bonds. The third-order valence-corrected chi connectivity index (χ3v) is 6.57. The van der Waals surface area contributed by atoms with Crippen molar-refractivity contribution in [2.45, 2.75) is 85.2 Å². The fourth-order valence-electron chi connectivity index (χ4n) is 4.85. The maximum Gasteiger partial charge on any atom is 0.348 e. The summed E-state index contributed by atoms with van der Waals surface area (Å²) in [5.41, 5.74) is 4.87. The number of allylic oxidation sites excluding steroid dienone is 5. The number of hydrogen-bond donors (Lipinski definition) is 0. The van der Waals surface area contributed by atoms with E-state index in [0.717, 1.165) is 24.8 Å². The second-order valence-corrected chi connectivity index (χ2v) is 10.1. The lowest BCUT2D eigenvalue weighted by atomic mass is 9.78. The first-order valence-corrected chi connectivity index (χ1v) is 12.6. The number of hydrogen-bond acceptors (Lipinski definition) is 6. The molecule has 3 rings (SSSR count). The summed E-state index contributed by atoms with van der Waals surface area (Å²) in [5, 5.41) is 9.62. The van der Waals surface area contributed by atoms with Crippen LogP contribution >= 0.6 is 0 Å². The molecule has 6 nitrogen and oxygen atoms in total. The summed E-state index contributed by atoms with van der Waals surface area (Å²) in [6.45, 7) is 12.0. The quantitative estimate of drug-likeness (QED) is 0.188. The van der Waals surface area contributed by atoms with E-state index in [1.807, 2.05) is 31.2 Å². The molecule has 1 aliphatic carbocycles. The van der Waals surface area contributed by atoms with Crippen molar-refractivity contribution in [2.24, 2.45) is 5.92 Å². The topological polar surface area (TPSA) is 85.6 Å². The Morgan fingerprint density at radius 1 is 1.22 bits per heavy atom. The molecule has 36 heavy (non-hydrogen) atoms. The van der Waals surface area contributed by atoms with Gasteiger partial charge < -0.3 is 14.2 Å². The van der Waals surface area contributed by atoms with E-state index in [2.05, 4.69) is 32.9 Å². The molecule has 0 radical (unpaired) electrons. The standard InChI is InChI=1S/C30H37NO5/c1-7-34-29(33)24(18-31)14-23-17-30(36-28-13-22(6)27(32)15-26(23)28)16-21(5)12-25(35-30)11-20(4)10-8-9-19(2)3/h9,11,13-14,16-17,25-26,28H,7-8,10,12,15H2,1-6H3/t25-,26-,28-,30+/m1/s1. The van der Waals surface area contributed by atoms with Gasteiger partial charge in [0.2, 0.25) is 5.79 Å². The van der Waals surface area contributed by atoms with E-state index in [9.17, 15) is 14.9 Å². The molecular weight excluding hydrogens is 454 g/mol. The van der Waals surface area contributed by atoms with Crippen molar-refractivity contribution in [3.63, 3.8) is 0 Å². The van der Waals surface area contributed by atoms with E-state index in [1.54, 1.807) is 13.8 Å². The molecule has 0 aromatic rings. The van der Waals surface area contributed by atoms with Gasteiger partial charge in [0.25, 0.3) is 0 Å². The third kappa shape index (κ3) is 6.81. The van der Waals surface area contributed by atoms with Crippen molar-refractivity contribution in [2.75, 3.05) is 6.61 Å². The van der Waals surface area contributed by atoms with Crippen molar-refractivity contribution < 1.29 is 23.8 Å². The lowest BCUT2D eigenvalue weighted by molar-refractivity contribution is -0.223. The van der Waals surface area contributed by atoms with Crippen LogP contribution in [0.1, 0.15) is 67.2 Å². The molecule has 0 unspecified atom stereocenters. The van der Waals surface area contributed by atoms with E-state index in [4.69, 9.17) is 14.2 Å². The average molecular weight is 492 g/mol. The summed E-state index contributed by atoms with van der Waals surface area (Å²) >= 11 is 0. The Bertz CT molecular complexity index is 1120. The number of carbonyl (C=O) groups is 2. The first kappa shape index (κ1) is 27.6. The first-order chi connectivity index (χ1) is 17.1. The molecule has 4 atom stereocenters. The van der Waals surface area contributed by atoms with Crippen molar-refractivity contribution in [3.8, 4) is 6.07 Å². The van der Waals surface area contributed by atoms with Crippen LogP contribution in [0.5, 0.6) is 0 Å². The summed E-state index contributed by atoms with van der Waals surface area (Å²) < 4.78 is 18.1. The second kappa shape index (κ2) is 11.8. The molecule has 0 fully saturated rings. The van der Waals surface area contributed by atoms with E-state index in [-0.39, 0.29) is 36.4 Å². The maximum absolute atomic E-state index is 12.5. The number of esters is 1. The van der Waals surface area contributed by atoms with Crippen LogP contribution in [-0.2, 0) is 23.8 Å². The second-order valence-electron chi connectivity index (χ2n) is 10.1. The molecule has 1 spiro atoms. The molecule has 0 saturated heterocycles. The predicted molar refractivity (Wildman–Crippen MR) is 139 cm³/mol. The maximum atomic E-state index is 12.5. The summed E-state index contributed by atoms with van der Waals surface area (Å²) in [5.74, 6) is -2.14. The minimum absolute atomic E-state index is 0.0221. The molecule has 0 N–H and O–H groups in total. The van der Waals surface area contributed by atoms with Gasteiger partial charge in [-0.05, 0) is 96.3 Å². The Kier molecular flexibility index (Phi) is 9.05. The van der Waals surface area contributed by atoms with Gasteiger partial charge in [0, 0.05) is 12.3 Å². The number of nitrogens with zero attached hydrogens (tertiary/aromatic N) is 1. The minimum atomic E-state index is -1.16. The van der Waals surface area contributed by atoms with Gasteiger partial charge in [0.15, 0.2) is 5.78 Å². The van der Waals surface area contributed by atoms with Gasteiger partial charge in [0.1, 0.15) is 11.6 Å². The molecule has 0 aromatic carbocycles. The number of rotatable bonds is 7. The number of Topliss-reactive ketones (excluding diaryl/α,β-unsaturated/α-hetero) is 1. The van der Waals surface area contributed by atoms with E-state index in [1.165, 1.54) is 17.2 Å². The Morgan fingerprint density at radius 2 is 1.97 bits per heavy atom.